The van der Waals surface area contributed by atoms with Gasteiger partial charge in [-0.3, -0.25) is 0 Å². The molecule has 0 aliphatic rings. The Bertz CT molecular complexity index is 467. The van der Waals surface area contributed by atoms with Crippen molar-refractivity contribution in [1.82, 2.24) is 0 Å². The van der Waals surface area contributed by atoms with Crippen molar-refractivity contribution in [3.05, 3.63) is 50.7 Å². The molecule has 0 fully saturated rings. The van der Waals surface area contributed by atoms with Crippen LogP contribution in [0.15, 0.2) is 35.4 Å². The summed E-state index contributed by atoms with van der Waals surface area (Å²) in [5, 5.41) is 0. The van der Waals surface area contributed by atoms with Crippen LogP contribution in [0.4, 0.5) is 0 Å². The first-order valence-electron chi connectivity index (χ1n) is 5.53. The molecule has 0 bridgehead atoms. The molecular formula is C14H16BClS. The molecule has 1 aromatic heterocycles. The standard InChI is InChI=1S/C14H16BClS/c1-4-6-12(7-5-8-16)9-13-10(2)17-11(3)14(13)15/h4-8H,9H2,1-3H3/b6-4-,8-5+,12-7+. The molecule has 0 amide bonds. The summed E-state index contributed by atoms with van der Waals surface area (Å²) >= 11 is 7.30. The largest absolute Gasteiger partial charge is 0.146 e. The molecule has 17 heavy (non-hydrogen) atoms. The second kappa shape index (κ2) is 6.88. The summed E-state index contributed by atoms with van der Waals surface area (Å²) in [5.41, 5.74) is 4.88. The summed E-state index contributed by atoms with van der Waals surface area (Å²) < 4.78 is 0. The first kappa shape index (κ1) is 14.3. The number of aryl methyl sites for hydroxylation is 2. The van der Waals surface area contributed by atoms with E-state index in [-0.39, 0.29) is 0 Å². The average Bonchev–Trinajstić information content (AvgIpc) is 2.53. The van der Waals surface area contributed by atoms with E-state index >= 15 is 0 Å². The zero-order valence-corrected chi connectivity index (χ0v) is 12.0. The third-order valence-corrected chi connectivity index (χ3v) is 3.80. The number of allylic oxidation sites excluding steroid dienone is 5. The Kier molecular flexibility index (Phi) is 5.80. The first-order valence-corrected chi connectivity index (χ1v) is 6.78. The number of hydrogen-bond donors (Lipinski definition) is 0. The molecule has 3 heteroatoms. The minimum absolute atomic E-state index is 0.855. The highest BCUT2D eigenvalue weighted by Crippen LogP contribution is 2.21. The topological polar surface area (TPSA) is 0 Å². The summed E-state index contributed by atoms with van der Waals surface area (Å²) in [4.78, 5) is 2.50. The van der Waals surface area contributed by atoms with Crippen LogP contribution in [0.1, 0.15) is 22.2 Å². The van der Waals surface area contributed by atoms with E-state index in [0.717, 1.165) is 11.9 Å². The fraction of sp³-hybridized carbons (Fsp3) is 0.286. The van der Waals surface area contributed by atoms with Gasteiger partial charge in [0, 0.05) is 10.4 Å². The summed E-state index contributed by atoms with van der Waals surface area (Å²) in [6.07, 6.45) is 8.81. The Morgan fingerprint density at radius 1 is 1.35 bits per heavy atom. The van der Waals surface area contributed by atoms with Crippen molar-refractivity contribution in [3.63, 3.8) is 0 Å². The predicted molar refractivity (Wildman–Crippen MR) is 80.8 cm³/mol. The Morgan fingerprint density at radius 2 is 2.06 bits per heavy atom. The SMILES string of the molecule is [B]c1c(C)sc(C)c1CC(/C=C\C)=C/C=C/Cl. The normalized spacial score (nSPS) is 13.1. The Morgan fingerprint density at radius 3 is 2.53 bits per heavy atom. The smallest absolute Gasteiger partial charge is 0.115 e. The molecule has 1 rings (SSSR count). The van der Waals surface area contributed by atoms with Crippen molar-refractivity contribution in [2.24, 2.45) is 0 Å². The lowest BCUT2D eigenvalue weighted by Gasteiger charge is -2.04. The van der Waals surface area contributed by atoms with Crippen molar-refractivity contribution in [1.29, 1.82) is 0 Å². The highest BCUT2D eigenvalue weighted by molar-refractivity contribution is 7.13. The Balaban J connectivity index is 3.01. The maximum absolute atomic E-state index is 6.09. The van der Waals surface area contributed by atoms with Gasteiger partial charge in [-0.05, 0) is 43.2 Å². The molecule has 0 spiro atoms. The Labute approximate surface area is 114 Å². The maximum atomic E-state index is 6.09. The van der Waals surface area contributed by atoms with Crippen LogP contribution in [-0.4, -0.2) is 7.85 Å². The van der Waals surface area contributed by atoms with E-state index in [4.69, 9.17) is 19.4 Å². The molecule has 1 aromatic rings. The zero-order chi connectivity index (χ0) is 12.8. The molecule has 88 valence electrons. The molecular weight excluding hydrogens is 246 g/mol. The number of rotatable bonds is 4. The van der Waals surface area contributed by atoms with Crippen LogP contribution in [0.3, 0.4) is 0 Å². The van der Waals surface area contributed by atoms with Gasteiger partial charge in [-0.1, -0.05) is 41.4 Å². The van der Waals surface area contributed by atoms with E-state index in [1.54, 1.807) is 11.3 Å². The van der Waals surface area contributed by atoms with Crippen LogP contribution in [0.5, 0.6) is 0 Å². The van der Waals surface area contributed by atoms with E-state index in [1.807, 2.05) is 25.2 Å². The molecule has 1 heterocycles. The third kappa shape index (κ3) is 3.90. The van der Waals surface area contributed by atoms with Gasteiger partial charge in [0.05, 0.1) is 0 Å². The van der Waals surface area contributed by atoms with Gasteiger partial charge >= 0.3 is 0 Å². The van der Waals surface area contributed by atoms with Crippen LogP contribution in [0.25, 0.3) is 0 Å². The summed E-state index contributed by atoms with van der Waals surface area (Å²) in [6, 6.07) is 0. The third-order valence-electron chi connectivity index (χ3n) is 2.58. The second-order valence-electron chi connectivity index (χ2n) is 3.84. The second-order valence-corrected chi connectivity index (χ2v) is 5.52. The molecule has 0 unspecified atom stereocenters. The van der Waals surface area contributed by atoms with Gasteiger partial charge in [0.2, 0.25) is 0 Å². The first-order chi connectivity index (χ1) is 8.10. The summed E-state index contributed by atoms with van der Waals surface area (Å²) in [7, 11) is 6.09. The lowest BCUT2D eigenvalue weighted by molar-refractivity contribution is 1.20. The number of hydrogen-bond acceptors (Lipinski definition) is 1. The van der Waals surface area contributed by atoms with Gasteiger partial charge in [-0.2, -0.15) is 0 Å². The number of thiophene rings is 1. The van der Waals surface area contributed by atoms with E-state index in [9.17, 15) is 0 Å². The van der Waals surface area contributed by atoms with Crippen LogP contribution in [0, 0.1) is 13.8 Å². The fourth-order valence-corrected chi connectivity index (χ4v) is 2.79. The molecule has 0 atom stereocenters. The van der Waals surface area contributed by atoms with Crippen LogP contribution >= 0.6 is 22.9 Å². The predicted octanol–water partition coefficient (Wildman–Crippen LogP) is 3.96. The summed E-state index contributed by atoms with van der Waals surface area (Å²) in [5.74, 6) is 0. The van der Waals surface area contributed by atoms with Crippen molar-refractivity contribution >= 4 is 36.2 Å². The molecule has 0 saturated carbocycles. The van der Waals surface area contributed by atoms with E-state index in [1.165, 1.54) is 26.4 Å². The fourth-order valence-electron chi connectivity index (χ4n) is 1.72. The van der Waals surface area contributed by atoms with E-state index in [2.05, 4.69) is 19.9 Å². The monoisotopic (exact) mass is 262 g/mol. The molecule has 0 aliphatic carbocycles. The van der Waals surface area contributed by atoms with Crippen molar-refractivity contribution in [3.8, 4) is 0 Å². The molecule has 2 radical (unpaired) electrons. The summed E-state index contributed by atoms with van der Waals surface area (Å²) in [6.45, 7) is 6.19. The Hall–Kier alpha value is -0.725. The van der Waals surface area contributed by atoms with Gasteiger partial charge in [-0.15, -0.1) is 11.3 Å². The average molecular weight is 263 g/mol. The highest BCUT2D eigenvalue weighted by Gasteiger charge is 2.09. The molecule has 0 saturated heterocycles. The van der Waals surface area contributed by atoms with Gasteiger partial charge < -0.3 is 0 Å². The lowest BCUT2D eigenvalue weighted by Crippen LogP contribution is -2.10. The minimum atomic E-state index is 0.855. The zero-order valence-electron chi connectivity index (χ0n) is 10.5. The van der Waals surface area contributed by atoms with E-state index < -0.39 is 0 Å². The number of halogens is 1. The van der Waals surface area contributed by atoms with Crippen molar-refractivity contribution in [2.75, 3.05) is 0 Å². The molecule has 0 N–H and O–H groups in total. The molecule has 0 aliphatic heterocycles. The van der Waals surface area contributed by atoms with Crippen molar-refractivity contribution in [2.45, 2.75) is 27.2 Å². The van der Waals surface area contributed by atoms with Crippen LogP contribution < -0.4 is 5.46 Å². The maximum Gasteiger partial charge on any atom is 0.115 e. The van der Waals surface area contributed by atoms with Gasteiger partial charge in [0.25, 0.3) is 0 Å². The highest BCUT2D eigenvalue weighted by atomic mass is 35.5. The quantitative estimate of drug-likeness (QED) is 0.569. The minimum Gasteiger partial charge on any atom is -0.146 e. The van der Waals surface area contributed by atoms with Crippen molar-refractivity contribution < 1.29 is 0 Å². The van der Waals surface area contributed by atoms with Crippen LogP contribution in [-0.2, 0) is 6.42 Å². The van der Waals surface area contributed by atoms with Crippen LogP contribution in [0.2, 0.25) is 0 Å². The molecule has 0 nitrogen and oxygen atoms in total. The lowest BCUT2D eigenvalue weighted by atomic mass is 9.88. The van der Waals surface area contributed by atoms with E-state index in [0.29, 0.717) is 0 Å². The van der Waals surface area contributed by atoms with Gasteiger partial charge in [0.15, 0.2) is 0 Å². The molecule has 0 aromatic carbocycles. The van der Waals surface area contributed by atoms with Gasteiger partial charge in [0.1, 0.15) is 7.85 Å². The van der Waals surface area contributed by atoms with Gasteiger partial charge in [-0.25, -0.2) is 0 Å².